The average Bonchev–Trinajstić information content (AvgIpc) is 3.19. The van der Waals surface area contributed by atoms with Crippen LogP contribution in [0.1, 0.15) is 36.2 Å². The quantitative estimate of drug-likeness (QED) is 0.737. The van der Waals surface area contributed by atoms with E-state index in [1.165, 1.54) is 0 Å². The Bertz CT molecular complexity index is 719. The maximum Gasteiger partial charge on any atom is 0.272 e. The number of hydrogen-bond acceptors (Lipinski definition) is 5. The number of carbonyl (C=O) groups excluding carboxylic acids is 2. The summed E-state index contributed by atoms with van der Waals surface area (Å²) in [5.74, 6) is 0.568. The molecule has 3 aliphatic heterocycles. The number of piperazine rings is 1. The molecular weight excluding hydrogens is 368 g/mol. The van der Waals surface area contributed by atoms with Crippen LogP contribution in [0.25, 0.3) is 0 Å². The van der Waals surface area contributed by atoms with Crippen LogP contribution in [0.4, 0.5) is 0 Å². The molecule has 2 amide bonds. The average molecular weight is 403 g/mol. The standard InChI is InChI=1S/C21H34N6O2/c1-23-10-12-26(13-11-23)20(28)17-4-3-7-27(15-17)18-5-8-25(9-6-18)21(29)19-14-22-16-24(19)2/h14,16-18H,3-13,15H2,1-2H3/t17-/m1/s1. The first-order valence-electron chi connectivity index (χ1n) is 11.0. The van der Waals surface area contributed by atoms with E-state index in [1.54, 1.807) is 17.1 Å². The van der Waals surface area contributed by atoms with Crippen molar-refractivity contribution in [2.75, 3.05) is 59.4 Å². The van der Waals surface area contributed by atoms with Crippen molar-refractivity contribution in [1.29, 1.82) is 0 Å². The van der Waals surface area contributed by atoms with Crippen molar-refractivity contribution in [2.24, 2.45) is 13.0 Å². The molecule has 1 aromatic rings. The predicted octanol–water partition coefficient (Wildman–Crippen LogP) is 0.511. The topological polar surface area (TPSA) is 64.9 Å². The maximum absolute atomic E-state index is 13.0. The Morgan fingerprint density at radius 2 is 1.66 bits per heavy atom. The monoisotopic (exact) mass is 402 g/mol. The molecule has 1 aromatic heterocycles. The molecule has 4 rings (SSSR count). The lowest BCUT2D eigenvalue weighted by Gasteiger charge is -2.43. The molecule has 8 heteroatoms. The molecule has 4 heterocycles. The van der Waals surface area contributed by atoms with Gasteiger partial charge in [-0.05, 0) is 39.3 Å². The van der Waals surface area contributed by atoms with Gasteiger partial charge in [0.05, 0.1) is 18.4 Å². The fourth-order valence-corrected chi connectivity index (χ4v) is 4.98. The molecule has 0 N–H and O–H groups in total. The number of imidazole rings is 1. The molecule has 160 valence electrons. The summed E-state index contributed by atoms with van der Waals surface area (Å²) in [6, 6.07) is 0.480. The van der Waals surface area contributed by atoms with Crippen molar-refractivity contribution in [3.8, 4) is 0 Å². The van der Waals surface area contributed by atoms with E-state index in [0.29, 0.717) is 17.6 Å². The summed E-state index contributed by atoms with van der Waals surface area (Å²) < 4.78 is 1.79. The van der Waals surface area contributed by atoms with Gasteiger partial charge in [-0.15, -0.1) is 0 Å². The number of likely N-dealkylation sites (tertiary alicyclic amines) is 2. The minimum Gasteiger partial charge on any atom is -0.340 e. The van der Waals surface area contributed by atoms with Gasteiger partial charge in [0, 0.05) is 58.9 Å². The van der Waals surface area contributed by atoms with Gasteiger partial charge in [0.15, 0.2) is 0 Å². The van der Waals surface area contributed by atoms with Gasteiger partial charge in [0.2, 0.25) is 5.91 Å². The first-order chi connectivity index (χ1) is 14.0. The largest absolute Gasteiger partial charge is 0.340 e. The minimum absolute atomic E-state index is 0.0743. The van der Waals surface area contributed by atoms with E-state index in [0.717, 1.165) is 78.0 Å². The number of carbonyl (C=O) groups is 2. The number of hydrogen-bond donors (Lipinski definition) is 0. The van der Waals surface area contributed by atoms with E-state index < -0.39 is 0 Å². The molecule has 1 atom stereocenters. The lowest BCUT2D eigenvalue weighted by atomic mass is 9.92. The van der Waals surface area contributed by atoms with E-state index >= 15 is 0 Å². The smallest absolute Gasteiger partial charge is 0.272 e. The third-order valence-corrected chi connectivity index (χ3v) is 6.92. The van der Waals surface area contributed by atoms with Gasteiger partial charge in [-0.2, -0.15) is 0 Å². The van der Waals surface area contributed by atoms with Gasteiger partial charge in [-0.3, -0.25) is 14.5 Å². The summed E-state index contributed by atoms with van der Waals surface area (Å²) in [5, 5.41) is 0. The number of amides is 2. The number of rotatable bonds is 3. The number of piperidine rings is 2. The molecule has 0 aromatic carbocycles. The van der Waals surface area contributed by atoms with Crippen LogP contribution in [-0.4, -0.2) is 106 Å². The van der Waals surface area contributed by atoms with Crippen LogP contribution in [0.3, 0.4) is 0 Å². The Morgan fingerprint density at radius 3 is 2.31 bits per heavy atom. The molecule has 8 nitrogen and oxygen atoms in total. The highest BCUT2D eigenvalue weighted by molar-refractivity contribution is 5.92. The summed E-state index contributed by atoms with van der Waals surface area (Å²) in [5.41, 5.74) is 0.652. The number of likely N-dealkylation sites (N-methyl/N-ethyl adjacent to an activating group) is 1. The molecule has 0 spiro atoms. The normalized spacial score (nSPS) is 25.4. The first-order valence-corrected chi connectivity index (χ1v) is 11.0. The number of aryl methyl sites for hydroxylation is 1. The molecule has 0 unspecified atom stereocenters. The molecule has 29 heavy (non-hydrogen) atoms. The van der Waals surface area contributed by atoms with E-state index in [4.69, 9.17) is 0 Å². The highest BCUT2D eigenvalue weighted by Crippen LogP contribution is 2.26. The van der Waals surface area contributed by atoms with Gasteiger partial charge in [-0.25, -0.2) is 4.98 Å². The summed E-state index contributed by atoms with van der Waals surface area (Å²) >= 11 is 0. The Labute approximate surface area is 173 Å². The summed E-state index contributed by atoms with van der Waals surface area (Å²) in [4.78, 5) is 38.6. The predicted molar refractivity (Wildman–Crippen MR) is 111 cm³/mol. The van der Waals surface area contributed by atoms with E-state index in [9.17, 15) is 9.59 Å². The summed E-state index contributed by atoms with van der Waals surface area (Å²) in [6.07, 6.45) is 7.40. The SMILES string of the molecule is CN1CCN(C(=O)[C@@H]2CCCN(C3CCN(C(=O)c4cncn4C)CC3)C2)CC1. The van der Waals surface area contributed by atoms with Crippen LogP contribution >= 0.6 is 0 Å². The second-order valence-corrected chi connectivity index (χ2v) is 8.88. The van der Waals surface area contributed by atoms with E-state index in [-0.39, 0.29) is 11.8 Å². The van der Waals surface area contributed by atoms with Crippen LogP contribution in [0.15, 0.2) is 12.5 Å². The van der Waals surface area contributed by atoms with Gasteiger partial charge in [0.1, 0.15) is 5.69 Å². The third kappa shape index (κ3) is 4.48. The highest BCUT2D eigenvalue weighted by Gasteiger charge is 2.35. The second kappa shape index (κ2) is 8.83. The number of nitrogens with zero attached hydrogens (tertiary/aromatic N) is 6. The summed E-state index contributed by atoms with van der Waals surface area (Å²) in [7, 11) is 3.98. The Morgan fingerprint density at radius 1 is 0.931 bits per heavy atom. The first kappa shape index (κ1) is 20.3. The lowest BCUT2D eigenvalue weighted by Crippen LogP contribution is -2.54. The van der Waals surface area contributed by atoms with Crippen LogP contribution in [0.2, 0.25) is 0 Å². The van der Waals surface area contributed by atoms with Crippen LogP contribution in [0, 0.1) is 5.92 Å². The highest BCUT2D eigenvalue weighted by atomic mass is 16.2. The van der Waals surface area contributed by atoms with Crippen molar-refractivity contribution in [3.05, 3.63) is 18.2 Å². The Hall–Kier alpha value is -1.93. The van der Waals surface area contributed by atoms with Crippen molar-refractivity contribution in [2.45, 2.75) is 31.7 Å². The van der Waals surface area contributed by atoms with Gasteiger partial charge in [-0.1, -0.05) is 0 Å². The third-order valence-electron chi connectivity index (χ3n) is 6.92. The zero-order valence-corrected chi connectivity index (χ0v) is 17.8. The van der Waals surface area contributed by atoms with Crippen molar-refractivity contribution in [1.82, 2.24) is 29.2 Å². The van der Waals surface area contributed by atoms with E-state index in [2.05, 4.69) is 26.7 Å². The fourth-order valence-electron chi connectivity index (χ4n) is 4.98. The molecule has 3 aliphatic rings. The van der Waals surface area contributed by atoms with Gasteiger partial charge in [0.25, 0.3) is 5.91 Å². The zero-order chi connectivity index (χ0) is 20.4. The van der Waals surface area contributed by atoms with Crippen molar-refractivity contribution in [3.63, 3.8) is 0 Å². The Balaban J connectivity index is 1.29. The van der Waals surface area contributed by atoms with Crippen molar-refractivity contribution < 1.29 is 9.59 Å². The molecule has 3 saturated heterocycles. The zero-order valence-electron chi connectivity index (χ0n) is 17.8. The van der Waals surface area contributed by atoms with E-state index in [1.807, 2.05) is 11.9 Å². The molecule has 0 radical (unpaired) electrons. The summed E-state index contributed by atoms with van der Waals surface area (Å²) in [6.45, 7) is 7.19. The second-order valence-electron chi connectivity index (χ2n) is 8.88. The van der Waals surface area contributed by atoms with Gasteiger partial charge >= 0.3 is 0 Å². The number of aromatic nitrogens is 2. The van der Waals surface area contributed by atoms with Gasteiger partial charge < -0.3 is 19.3 Å². The molecular formula is C21H34N6O2. The molecule has 0 saturated carbocycles. The van der Waals surface area contributed by atoms with Crippen LogP contribution < -0.4 is 0 Å². The molecule has 0 bridgehead atoms. The van der Waals surface area contributed by atoms with Crippen molar-refractivity contribution >= 4 is 11.8 Å². The lowest BCUT2D eigenvalue weighted by molar-refractivity contribution is -0.139. The van der Waals surface area contributed by atoms with Crippen LogP contribution in [-0.2, 0) is 11.8 Å². The van der Waals surface area contributed by atoms with Crippen LogP contribution in [0.5, 0.6) is 0 Å². The fraction of sp³-hybridized carbons (Fsp3) is 0.762. The minimum atomic E-state index is 0.0743. The molecule has 3 fully saturated rings. The molecule has 0 aliphatic carbocycles. The maximum atomic E-state index is 13.0. The Kier molecular flexibility index (Phi) is 6.20.